The largest absolute Gasteiger partial charge is 2.00 e. The normalized spacial score (nSPS) is 15.7. The van der Waals surface area contributed by atoms with Crippen molar-refractivity contribution in [2.24, 2.45) is 0 Å². The summed E-state index contributed by atoms with van der Waals surface area (Å²) >= 11 is 0. The van der Waals surface area contributed by atoms with Crippen molar-refractivity contribution in [1.29, 1.82) is 0 Å². The molecule has 5 nitrogen and oxygen atoms in total. The second kappa shape index (κ2) is 12.3. The number of rotatable bonds is 5. The monoisotopic (exact) mass is 750 g/mol. The van der Waals surface area contributed by atoms with E-state index in [1.807, 2.05) is 38.2 Å². The number of anilines is 4. The van der Waals surface area contributed by atoms with Crippen LogP contribution in [0.4, 0.5) is 23.0 Å². The van der Waals surface area contributed by atoms with E-state index in [9.17, 15) is 0 Å². The van der Waals surface area contributed by atoms with Gasteiger partial charge in [-0.15, -0.1) is 35.4 Å². The molecular formula is C37H34N4OPt. The van der Waals surface area contributed by atoms with Crippen LogP contribution in [0.5, 0.6) is 11.5 Å². The molecule has 0 spiro atoms. The van der Waals surface area contributed by atoms with Gasteiger partial charge in [0.05, 0.1) is 6.85 Å². The summed E-state index contributed by atoms with van der Waals surface area (Å²) in [5, 5.41) is 0. The molecule has 2 aliphatic heterocycles. The van der Waals surface area contributed by atoms with Crippen molar-refractivity contribution in [3.05, 3.63) is 119 Å². The summed E-state index contributed by atoms with van der Waals surface area (Å²) in [6.45, 7) is 7.54. The van der Waals surface area contributed by atoms with Gasteiger partial charge in [0.2, 0.25) is 0 Å². The van der Waals surface area contributed by atoms with E-state index < -0.39 is 6.04 Å². The quantitative estimate of drug-likeness (QED) is 0.168. The molecule has 0 amide bonds. The van der Waals surface area contributed by atoms with Gasteiger partial charge in [0.25, 0.3) is 0 Å². The van der Waals surface area contributed by atoms with Gasteiger partial charge in [-0.1, -0.05) is 54.4 Å². The maximum Gasteiger partial charge on any atom is 2.00 e. The molecule has 5 aromatic rings. The van der Waals surface area contributed by atoms with Crippen LogP contribution in [-0.2, 0) is 33.9 Å². The summed E-state index contributed by atoms with van der Waals surface area (Å²) in [5.74, 6) is 2.84. The Labute approximate surface area is 275 Å². The number of aromatic nitrogens is 2. The average molecular weight is 751 g/mol. The third-order valence-electron chi connectivity index (χ3n) is 8.20. The first kappa shape index (κ1) is 23.5. The second-order valence-electron chi connectivity index (χ2n) is 10.9. The van der Waals surface area contributed by atoms with Crippen LogP contribution in [-0.4, -0.2) is 23.1 Å². The smallest absolute Gasteiger partial charge is 0.509 e. The molecule has 0 saturated heterocycles. The van der Waals surface area contributed by atoms with E-state index in [4.69, 9.17) is 16.6 Å². The molecule has 7 rings (SSSR count). The Kier molecular flexibility index (Phi) is 6.74. The van der Waals surface area contributed by atoms with Crippen molar-refractivity contribution in [1.82, 2.24) is 9.97 Å². The van der Waals surface area contributed by atoms with Crippen LogP contribution in [0.2, 0.25) is 0 Å². The number of ether oxygens (including phenoxy) is 1. The number of hydrogen-bond donors (Lipinski definition) is 0. The molecule has 2 aromatic heterocycles. The Bertz CT molecular complexity index is 2030. The Morgan fingerprint density at radius 3 is 2.12 bits per heavy atom. The third-order valence-corrected chi connectivity index (χ3v) is 8.20. The summed E-state index contributed by atoms with van der Waals surface area (Å²) < 4.78 is 47.6. The van der Waals surface area contributed by atoms with E-state index in [1.54, 1.807) is 6.20 Å². The van der Waals surface area contributed by atoms with Gasteiger partial charge in [-0.3, -0.25) is 0 Å². The summed E-state index contributed by atoms with van der Waals surface area (Å²) in [5.41, 5.74) is 7.77. The fourth-order valence-corrected chi connectivity index (χ4v) is 5.90. The SMILES string of the molecule is [2H]c1c([2H])c([2H])c(-c2cnc(N3CCCc4ccc(Oc5[c-]c6c(cc5)CCCN6c5cc(C)ccn5)[c-]c43)c(C)c2C)c([2H])c1[2H].[Pt+2]. The van der Waals surface area contributed by atoms with Crippen molar-refractivity contribution in [3.63, 3.8) is 0 Å². The standard InChI is InChI=1S/C37H34N4O.Pt/c1-25-17-18-38-36(21-25)40-19-7-11-29-13-15-31(22-34(29)40)42-32-16-14-30-12-8-20-41(35(30)23-32)37-27(3)26(2)33(24-39-37)28-9-5-4-6-10-28;/h4-6,9-10,13-18,21,24H,7-8,11-12,19-20H2,1-3H3;/q-2;+2/i4D,5D,6D,9D,10D;. The summed E-state index contributed by atoms with van der Waals surface area (Å²) in [7, 11) is 0. The molecule has 3 aromatic carbocycles. The fraction of sp³-hybridized carbons (Fsp3) is 0.243. The van der Waals surface area contributed by atoms with Crippen LogP contribution in [0.15, 0.2) is 79.0 Å². The van der Waals surface area contributed by atoms with E-state index in [1.165, 1.54) is 5.56 Å². The topological polar surface area (TPSA) is 41.5 Å². The van der Waals surface area contributed by atoms with E-state index in [2.05, 4.69) is 52.0 Å². The van der Waals surface area contributed by atoms with Crippen LogP contribution >= 0.6 is 0 Å². The predicted octanol–water partition coefficient (Wildman–Crippen LogP) is 8.63. The number of hydrogen-bond acceptors (Lipinski definition) is 5. The fourth-order valence-electron chi connectivity index (χ4n) is 5.90. The van der Waals surface area contributed by atoms with Gasteiger partial charge in [-0.2, -0.15) is 12.1 Å². The van der Waals surface area contributed by atoms with Crippen molar-refractivity contribution in [2.75, 3.05) is 22.9 Å². The molecule has 4 heterocycles. The van der Waals surface area contributed by atoms with Crippen molar-refractivity contribution < 1.29 is 32.7 Å². The number of benzene rings is 3. The van der Waals surface area contributed by atoms with Gasteiger partial charge in [0, 0.05) is 42.5 Å². The minimum atomic E-state index is -0.408. The first-order chi connectivity index (χ1) is 22.6. The van der Waals surface area contributed by atoms with Gasteiger partial charge in [0.1, 0.15) is 11.6 Å². The van der Waals surface area contributed by atoms with Gasteiger partial charge < -0.3 is 14.5 Å². The van der Waals surface area contributed by atoms with Crippen LogP contribution in [0.1, 0.15) is 47.5 Å². The molecule has 0 bridgehead atoms. The maximum atomic E-state index is 8.48. The van der Waals surface area contributed by atoms with Gasteiger partial charge in [-0.25, -0.2) is 9.97 Å². The Balaban J connectivity index is 0.00000401. The summed E-state index contributed by atoms with van der Waals surface area (Å²) in [4.78, 5) is 13.8. The average Bonchev–Trinajstić information content (AvgIpc) is 3.08. The zero-order chi connectivity index (χ0) is 33.0. The Hall–Kier alpha value is -3.95. The molecule has 218 valence electrons. The predicted molar refractivity (Wildman–Crippen MR) is 169 cm³/mol. The molecule has 2 aliphatic rings. The van der Waals surface area contributed by atoms with Crippen LogP contribution in [0.25, 0.3) is 11.1 Å². The van der Waals surface area contributed by atoms with E-state index in [0.717, 1.165) is 84.0 Å². The molecule has 6 heteroatoms. The first-order valence-electron chi connectivity index (χ1n) is 16.9. The van der Waals surface area contributed by atoms with Crippen LogP contribution in [0.3, 0.4) is 0 Å². The molecule has 0 aliphatic carbocycles. The van der Waals surface area contributed by atoms with E-state index in [-0.39, 0.29) is 50.8 Å². The van der Waals surface area contributed by atoms with Crippen molar-refractivity contribution >= 4 is 23.0 Å². The minimum Gasteiger partial charge on any atom is -0.509 e. The second-order valence-corrected chi connectivity index (χ2v) is 10.9. The van der Waals surface area contributed by atoms with Crippen molar-refractivity contribution in [2.45, 2.75) is 46.5 Å². The molecule has 0 N–H and O–H groups in total. The van der Waals surface area contributed by atoms with Crippen LogP contribution in [0, 0.1) is 32.9 Å². The molecule has 0 fully saturated rings. The van der Waals surface area contributed by atoms with Crippen LogP contribution < -0.4 is 14.5 Å². The van der Waals surface area contributed by atoms with E-state index in [0.29, 0.717) is 17.1 Å². The molecular weight excluding hydrogens is 712 g/mol. The molecule has 0 radical (unpaired) electrons. The Morgan fingerprint density at radius 2 is 1.44 bits per heavy atom. The van der Waals surface area contributed by atoms with Gasteiger partial charge in [0.15, 0.2) is 0 Å². The molecule has 43 heavy (non-hydrogen) atoms. The molecule has 0 unspecified atom stereocenters. The third kappa shape index (κ3) is 5.71. The first-order valence-corrected chi connectivity index (χ1v) is 14.4. The minimum absolute atomic E-state index is 0. The Morgan fingerprint density at radius 1 is 0.791 bits per heavy atom. The van der Waals surface area contributed by atoms with Gasteiger partial charge in [-0.05, 0) is 68.0 Å². The number of pyridine rings is 2. The number of aryl methyl sites for hydroxylation is 3. The van der Waals surface area contributed by atoms with E-state index >= 15 is 0 Å². The summed E-state index contributed by atoms with van der Waals surface area (Å²) in [6, 6.07) is 17.6. The van der Waals surface area contributed by atoms with Crippen molar-refractivity contribution in [3.8, 4) is 22.6 Å². The molecule has 0 saturated carbocycles. The number of nitrogens with zero attached hydrogens (tertiary/aromatic N) is 4. The molecule has 0 atom stereocenters. The summed E-state index contributed by atoms with van der Waals surface area (Å²) in [6.07, 6.45) is 7.33. The zero-order valence-corrected chi connectivity index (χ0v) is 26.6. The zero-order valence-electron chi connectivity index (χ0n) is 29.4. The maximum absolute atomic E-state index is 8.48. The number of fused-ring (bicyclic) bond motifs is 2. The van der Waals surface area contributed by atoms with Gasteiger partial charge >= 0.3 is 21.1 Å².